The van der Waals surface area contributed by atoms with Gasteiger partial charge in [-0.15, -0.1) is 0 Å². The lowest BCUT2D eigenvalue weighted by molar-refractivity contribution is -0.0832. The van der Waals surface area contributed by atoms with Gasteiger partial charge >= 0.3 is 0 Å². The van der Waals surface area contributed by atoms with Crippen LogP contribution in [0.4, 0.5) is 0 Å². The average Bonchev–Trinajstić information content (AvgIpc) is 1.75. The first-order chi connectivity index (χ1) is 56.9. The number of benzene rings is 6. The van der Waals surface area contributed by atoms with Crippen molar-refractivity contribution in [2.24, 2.45) is 0 Å². The summed E-state index contributed by atoms with van der Waals surface area (Å²) in [5.41, 5.74) is 23.4. The lowest BCUT2D eigenvalue weighted by Gasteiger charge is -2.34. The van der Waals surface area contributed by atoms with Crippen LogP contribution in [0.5, 0.6) is 34.5 Å². The molecule has 0 N–H and O–H groups in total. The Kier molecular flexibility index (Phi) is 32.7. The van der Waals surface area contributed by atoms with Crippen molar-refractivity contribution in [3.63, 3.8) is 0 Å². The van der Waals surface area contributed by atoms with E-state index in [9.17, 15) is 0 Å². The smallest absolute Gasteiger partial charge is 0.245 e. The van der Waals surface area contributed by atoms with Gasteiger partial charge in [-0.05, 0) is 179 Å². The monoisotopic (exact) mass is 1790 g/mol. The van der Waals surface area contributed by atoms with Gasteiger partial charge in [0.25, 0.3) is 0 Å². The van der Waals surface area contributed by atoms with Crippen molar-refractivity contribution in [3.8, 4) is 34.5 Å². The second-order valence-corrected chi connectivity index (χ2v) is 57.1. The summed E-state index contributed by atoms with van der Waals surface area (Å²) in [6.45, 7) is 67.0. The first-order valence-electron chi connectivity index (χ1n) is 46.8. The Bertz CT molecular complexity index is 4100. The van der Waals surface area contributed by atoms with E-state index in [1.807, 2.05) is 0 Å². The quantitative estimate of drug-likeness (QED) is 0.141. The molecule has 6 aromatic carbocycles. The van der Waals surface area contributed by atoms with Crippen LogP contribution >= 0.6 is 62.9 Å². The summed E-state index contributed by atoms with van der Waals surface area (Å²) >= 11 is 0. The van der Waals surface area contributed by atoms with Gasteiger partial charge in [0, 0.05) is 141 Å². The fraction of sp³-hybridized carbons (Fsp3) is 0.622. The molecule has 6 aliphatic rings. The summed E-state index contributed by atoms with van der Waals surface area (Å²) < 4.78 is 41.4. The topological polar surface area (TPSA) is 55.4 Å². The summed E-state index contributed by atoms with van der Waals surface area (Å²) in [5.74, 6) is 38.6. The second-order valence-electron chi connectivity index (χ2n) is 45.3. The fourth-order valence-corrected chi connectivity index (χ4v) is 33.3. The third-order valence-electron chi connectivity index (χ3n) is 26.4. The molecule has 12 unspecified atom stereocenters. The maximum atomic E-state index is 6.90. The molecule has 0 spiro atoms. The summed E-state index contributed by atoms with van der Waals surface area (Å²) in [7, 11) is -0.160. The van der Waals surface area contributed by atoms with Crippen molar-refractivity contribution < 1.29 is 28.4 Å². The van der Waals surface area contributed by atoms with Gasteiger partial charge < -0.3 is 28.4 Å². The van der Waals surface area contributed by atoms with Crippen molar-refractivity contribution in [3.05, 3.63) is 173 Å². The SMILES string of the molecule is C=S1Cc2cc(C(C)(C)C)cc(C)c2OC(C)(C)Oc2c(C)cc(C(C)(C)C)cc2CS(=C)C2CCCCCCC21.C=S1Cc2cc(C(C)(C)C)cc(C)c2OC(C)(C)Oc2c(C)cc(C(C)(C)C)cc2CS(=C)C2CCCCCCC21.C=S1Cc2cc(C(C)(C)C)cc(C)c2OC(C)(C)Oc2c(C)cc(C(C)(C)C)cc2CS(=C)C2CCCCCCC21. The first-order valence-corrected chi connectivity index (χ1v) is 56.6. The van der Waals surface area contributed by atoms with Gasteiger partial charge in [0.2, 0.25) is 17.4 Å². The van der Waals surface area contributed by atoms with Gasteiger partial charge in [-0.1, -0.05) is 310 Å². The Morgan fingerprint density at radius 1 is 0.220 bits per heavy atom. The molecule has 0 saturated heterocycles. The molecule has 6 nitrogen and oxygen atoms in total. The third-order valence-corrected chi connectivity index (χ3v) is 39.6. The number of fused-ring (bicyclic) bond motifs is 9. The summed E-state index contributed by atoms with van der Waals surface area (Å²) in [6, 6.07) is 28.3. The minimum Gasteiger partial charge on any atom is -0.452 e. The second kappa shape index (κ2) is 40.0. The molecule has 3 fully saturated rings. The Morgan fingerprint density at radius 3 is 0.455 bits per heavy atom. The molecule has 12 rings (SSSR count). The van der Waals surface area contributed by atoms with Crippen LogP contribution in [0.15, 0.2) is 72.8 Å². The van der Waals surface area contributed by atoms with Crippen molar-refractivity contribution in [1.29, 1.82) is 0 Å². The zero-order chi connectivity index (χ0) is 91.0. The van der Waals surface area contributed by atoms with E-state index >= 15 is 0 Å². The van der Waals surface area contributed by atoms with Crippen LogP contribution in [0.2, 0.25) is 0 Å². The van der Waals surface area contributed by atoms with Crippen LogP contribution in [0.25, 0.3) is 0 Å². The molecule has 123 heavy (non-hydrogen) atoms. The lowest BCUT2D eigenvalue weighted by atomic mass is 9.85. The maximum absolute atomic E-state index is 6.90. The molecule has 6 aromatic rings. The molecular formula is C111H168O6S6. The van der Waals surface area contributed by atoms with E-state index in [0.717, 1.165) is 69.0 Å². The summed E-state index contributed by atoms with van der Waals surface area (Å²) in [5, 5.41) is 3.54. The van der Waals surface area contributed by atoms with Gasteiger partial charge in [-0.3, -0.25) is 0 Å². The zero-order valence-corrected chi connectivity index (χ0v) is 87.9. The van der Waals surface area contributed by atoms with E-state index in [-0.39, 0.29) is 95.4 Å². The lowest BCUT2D eigenvalue weighted by Crippen LogP contribution is -2.36. The minimum absolute atomic E-state index is 0.0266. The molecule has 3 aliphatic carbocycles. The Labute approximate surface area is 767 Å². The Morgan fingerprint density at radius 2 is 0.341 bits per heavy atom. The van der Waals surface area contributed by atoms with Gasteiger partial charge in [0.05, 0.1) is 0 Å². The molecule has 0 aromatic heterocycles. The Hall–Kier alpha value is -4.56. The molecule has 3 saturated carbocycles. The highest BCUT2D eigenvalue weighted by molar-refractivity contribution is 8.18. The van der Waals surface area contributed by atoms with Gasteiger partial charge in [0.15, 0.2) is 0 Å². The van der Waals surface area contributed by atoms with E-state index in [4.69, 9.17) is 63.6 Å². The van der Waals surface area contributed by atoms with Crippen LogP contribution < -0.4 is 28.4 Å². The molecule has 12 heteroatoms. The minimum atomic E-state index is -0.832. The van der Waals surface area contributed by atoms with Crippen LogP contribution in [-0.2, 0) is 67.0 Å². The molecule has 3 heterocycles. The summed E-state index contributed by atoms with van der Waals surface area (Å²) in [6.07, 6.45) is 23.5. The van der Waals surface area contributed by atoms with Crippen LogP contribution in [0.1, 0.15) is 382 Å². The number of hydrogen-bond donors (Lipinski definition) is 0. The van der Waals surface area contributed by atoms with E-state index in [0.29, 0.717) is 31.5 Å². The highest BCUT2D eigenvalue weighted by Gasteiger charge is 2.39. The predicted molar refractivity (Wildman–Crippen MR) is 562 cm³/mol. The van der Waals surface area contributed by atoms with Crippen LogP contribution in [-0.4, -0.2) is 84.1 Å². The van der Waals surface area contributed by atoms with Gasteiger partial charge in [-0.25, -0.2) is 0 Å². The molecule has 3 aliphatic heterocycles. The van der Waals surface area contributed by atoms with Gasteiger partial charge in [0.1, 0.15) is 34.5 Å². The number of hydrogen-bond acceptors (Lipinski definition) is 6. The maximum Gasteiger partial charge on any atom is 0.245 e. The van der Waals surface area contributed by atoms with Gasteiger partial charge in [-0.2, -0.15) is 62.9 Å². The Balaban J connectivity index is 0.000000193. The third kappa shape index (κ3) is 26.2. The van der Waals surface area contributed by atoms with Crippen LogP contribution in [0.3, 0.4) is 0 Å². The van der Waals surface area contributed by atoms with Crippen molar-refractivity contribution in [2.45, 2.75) is 439 Å². The zero-order valence-electron chi connectivity index (χ0n) is 83.0. The molecule has 684 valence electrons. The molecular weight excluding hydrogens is 1620 g/mol. The predicted octanol–water partition coefficient (Wildman–Crippen LogP) is 31.8. The number of ether oxygens (including phenoxy) is 6. The average molecular weight is 1790 g/mol. The fourth-order valence-electron chi connectivity index (χ4n) is 19.1. The largest absolute Gasteiger partial charge is 0.452 e. The number of rotatable bonds is 0. The molecule has 0 amide bonds. The summed E-state index contributed by atoms with van der Waals surface area (Å²) in [4.78, 5) is 0. The van der Waals surface area contributed by atoms with Crippen LogP contribution in [0, 0.1) is 41.5 Å². The highest BCUT2D eigenvalue weighted by atomic mass is 32.2. The molecule has 0 radical (unpaired) electrons. The van der Waals surface area contributed by atoms with Crippen molar-refractivity contribution >= 4 is 98.1 Å². The van der Waals surface area contributed by atoms with E-state index in [2.05, 4.69) is 281 Å². The first kappa shape index (κ1) is 101. The van der Waals surface area contributed by atoms with E-state index in [1.54, 1.807) is 0 Å². The molecule has 0 bridgehead atoms. The highest BCUT2D eigenvalue weighted by Crippen LogP contribution is 2.53. The normalized spacial score (nSPS) is 25.8. The molecule has 12 atom stereocenters. The van der Waals surface area contributed by atoms with E-state index < -0.39 is 17.4 Å². The van der Waals surface area contributed by atoms with E-state index in [1.165, 1.54) is 216 Å². The number of aryl methyl sites for hydroxylation is 6. The van der Waals surface area contributed by atoms with Crippen molar-refractivity contribution in [1.82, 2.24) is 0 Å². The standard InChI is InChI=1S/3C37H56O2S2/c3*1-25-19-29(35(3,4)5)21-27-23-40(11)31-17-15-13-14-16-18-32(31)41(12)24-28-22-30(36(6,7)8)20-26(2)34(28)39-37(9,10)38-33(25)27/h3*19-22,31-32H,11-18,23-24H2,1-10H3. The van der Waals surface area contributed by atoms with Crippen molar-refractivity contribution in [2.75, 3.05) is 0 Å².